The molecule has 1 fully saturated rings. The second-order valence-corrected chi connectivity index (χ2v) is 12.0. The van der Waals surface area contributed by atoms with Crippen LogP contribution < -0.4 is 19.1 Å². The van der Waals surface area contributed by atoms with Crippen molar-refractivity contribution in [3.63, 3.8) is 0 Å². The third-order valence-electron chi connectivity index (χ3n) is 8.75. The Labute approximate surface area is 233 Å². The number of esters is 1. The van der Waals surface area contributed by atoms with Gasteiger partial charge >= 0.3 is 5.97 Å². The normalized spacial score (nSPS) is 25.6. The number of thiophene rings is 1. The van der Waals surface area contributed by atoms with Crippen LogP contribution in [0, 0.1) is 36.0 Å². The number of benzene rings is 2. The van der Waals surface area contributed by atoms with Crippen molar-refractivity contribution >= 4 is 39.7 Å². The fourth-order valence-corrected chi connectivity index (χ4v) is 8.33. The van der Waals surface area contributed by atoms with Gasteiger partial charge in [0.25, 0.3) is 0 Å². The Morgan fingerprint density at radius 1 is 0.975 bits per heavy atom. The summed E-state index contributed by atoms with van der Waals surface area (Å²) in [7, 11) is 0. The van der Waals surface area contributed by atoms with Gasteiger partial charge in [0.2, 0.25) is 18.6 Å². The highest BCUT2D eigenvalue weighted by atomic mass is 32.1. The first-order valence-electron chi connectivity index (χ1n) is 13.3. The van der Waals surface area contributed by atoms with Gasteiger partial charge in [-0.2, -0.15) is 5.26 Å². The number of hydrogen-bond acceptors (Lipinski definition) is 8. The Bertz CT molecular complexity index is 1760. The molecular weight excluding hydrogens is 528 g/mol. The Morgan fingerprint density at radius 3 is 2.65 bits per heavy atom. The van der Waals surface area contributed by atoms with E-state index in [1.54, 1.807) is 6.07 Å². The maximum Gasteiger partial charge on any atom is 0.319 e. The van der Waals surface area contributed by atoms with Crippen LogP contribution in [0.4, 0.5) is 5.00 Å². The number of allylic oxidation sites excluding steroid dienone is 1. The van der Waals surface area contributed by atoms with Gasteiger partial charge in [0.05, 0.1) is 23.3 Å². The number of aryl methyl sites for hydroxylation is 2. The second-order valence-electron chi connectivity index (χ2n) is 10.9. The average molecular weight is 551 g/mol. The van der Waals surface area contributed by atoms with E-state index in [1.807, 2.05) is 43.3 Å². The van der Waals surface area contributed by atoms with Crippen molar-refractivity contribution in [2.24, 2.45) is 17.8 Å². The van der Waals surface area contributed by atoms with E-state index in [0.29, 0.717) is 33.4 Å². The summed E-state index contributed by atoms with van der Waals surface area (Å²) >= 11 is 1.35. The van der Waals surface area contributed by atoms with Crippen molar-refractivity contribution in [1.82, 2.24) is 0 Å². The molecular formula is C31H22N2O6S. The number of imide groups is 1. The molecule has 0 unspecified atom stereocenters. The molecule has 4 atom stereocenters. The monoisotopic (exact) mass is 550 g/mol. The minimum Gasteiger partial charge on any atom is -0.454 e. The fourth-order valence-electron chi connectivity index (χ4n) is 6.98. The Morgan fingerprint density at radius 2 is 1.80 bits per heavy atom. The van der Waals surface area contributed by atoms with Crippen molar-refractivity contribution in [3.05, 3.63) is 75.2 Å². The number of anilines is 1. The molecule has 5 aliphatic rings. The molecule has 0 spiro atoms. The first kappa shape index (κ1) is 23.5. The van der Waals surface area contributed by atoms with Crippen molar-refractivity contribution in [2.45, 2.75) is 32.1 Å². The summed E-state index contributed by atoms with van der Waals surface area (Å²) in [5.41, 5.74) is 4.50. The molecule has 3 aliphatic heterocycles. The molecule has 2 amide bonds. The van der Waals surface area contributed by atoms with Gasteiger partial charge in [0, 0.05) is 16.4 Å². The molecule has 2 aliphatic carbocycles. The van der Waals surface area contributed by atoms with Gasteiger partial charge in [0.1, 0.15) is 16.8 Å². The highest BCUT2D eigenvalue weighted by Crippen LogP contribution is 2.56. The standard InChI is InChI=1S/C31H22N2O6S/c1-14-5-7-16-19-11-18(15-6-8-21-23(10-15)38-13-37-21)25-27(26(19)31(36)39-22(16)9-14)29(35)33(28(25)34)30-20(12-32)17-3-2-4-24(17)40-30/h5-11,18,25-27H,2-4,13H2,1H3/t18-,25+,26-,27+/m1/s1. The lowest BCUT2D eigenvalue weighted by molar-refractivity contribution is -0.142. The maximum absolute atomic E-state index is 14.3. The van der Waals surface area contributed by atoms with Crippen LogP contribution >= 0.6 is 11.3 Å². The molecule has 0 bridgehead atoms. The van der Waals surface area contributed by atoms with Crippen molar-refractivity contribution in [2.75, 3.05) is 11.7 Å². The van der Waals surface area contributed by atoms with E-state index in [2.05, 4.69) is 6.07 Å². The summed E-state index contributed by atoms with van der Waals surface area (Å²) in [6, 6.07) is 13.5. The first-order valence-corrected chi connectivity index (χ1v) is 14.1. The van der Waals surface area contributed by atoms with Gasteiger partial charge in [-0.25, -0.2) is 4.90 Å². The van der Waals surface area contributed by atoms with Gasteiger partial charge in [-0.1, -0.05) is 24.3 Å². The van der Waals surface area contributed by atoms with E-state index in [9.17, 15) is 19.6 Å². The largest absolute Gasteiger partial charge is 0.454 e. The molecule has 3 aromatic rings. The van der Waals surface area contributed by atoms with Crippen LogP contribution in [0.2, 0.25) is 0 Å². The molecule has 4 heterocycles. The van der Waals surface area contributed by atoms with E-state index < -0.39 is 41.5 Å². The molecule has 2 aromatic carbocycles. The van der Waals surface area contributed by atoms with Crippen molar-refractivity contribution in [3.8, 4) is 23.3 Å². The van der Waals surface area contributed by atoms with Gasteiger partial charge in [-0.3, -0.25) is 14.4 Å². The number of fused-ring (bicyclic) bond motifs is 7. The summed E-state index contributed by atoms with van der Waals surface area (Å²) < 4.78 is 16.9. The van der Waals surface area contributed by atoms with Crippen LogP contribution in [-0.2, 0) is 27.2 Å². The minimum absolute atomic E-state index is 0.114. The van der Waals surface area contributed by atoms with Crippen LogP contribution in [0.25, 0.3) is 5.57 Å². The summed E-state index contributed by atoms with van der Waals surface area (Å²) in [5.74, 6) is -3.00. The lowest BCUT2D eigenvalue weighted by atomic mass is 9.64. The lowest BCUT2D eigenvalue weighted by Crippen LogP contribution is -2.42. The van der Waals surface area contributed by atoms with Crippen LogP contribution in [0.5, 0.6) is 17.2 Å². The topological polar surface area (TPSA) is 106 Å². The number of hydrogen-bond donors (Lipinski definition) is 0. The summed E-state index contributed by atoms with van der Waals surface area (Å²) in [5, 5.41) is 10.4. The minimum atomic E-state index is -0.964. The van der Waals surface area contributed by atoms with Gasteiger partial charge in [0.15, 0.2) is 11.5 Å². The Hall–Kier alpha value is -4.42. The van der Waals surface area contributed by atoms with Gasteiger partial charge < -0.3 is 14.2 Å². The SMILES string of the molecule is Cc1ccc2c(c1)OC(=O)[C@@H]1C2=C[C@H](c2ccc3c(c2)OCO3)[C@@H]2C(=O)N(c3sc4c(c3C#N)CCC4)C(=O)[C@H]12. The van der Waals surface area contributed by atoms with Gasteiger partial charge in [-0.05, 0) is 66.6 Å². The molecule has 0 N–H and O–H groups in total. The fraction of sp³-hybridized carbons (Fsp3) is 0.290. The van der Waals surface area contributed by atoms with E-state index in [1.165, 1.54) is 16.2 Å². The van der Waals surface area contributed by atoms with Crippen LogP contribution in [0.3, 0.4) is 0 Å². The zero-order chi connectivity index (χ0) is 27.3. The molecule has 1 saturated heterocycles. The predicted molar refractivity (Wildman–Crippen MR) is 144 cm³/mol. The molecule has 9 heteroatoms. The molecule has 40 heavy (non-hydrogen) atoms. The number of carbonyl (C=O) groups is 3. The third kappa shape index (κ3) is 3.08. The first-order chi connectivity index (χ1) is 19.4. The molecule has 1 aromatic heterocycles. The Kier molecular flexibility index (Phi) is 4.86. The molecule has 8 nitrogen and oxygen atoms in total. The highest BCUT2D eigenvalue weighted by molar-refractivity contribution is 7.17. The molecule has 0 saturated carbocycles. The van der Waals surface area contributed by atoms with E-state index in [-0.39, 0.29) is 6.79 Å². The van der Waals surface area contributed by atoms with E-state index >= 15 is 0 Å². The highest BCUT2D eigenvalue weighted by Gasteiger charge is 2.61. The summed E-state index contributed by atoms with van der Waals surface area (Å²) in [4.78, 5) is 44.4. The van der Waals surface area contributed by atoms with Crippen LogP contribution in [0.1, 0.15) is 45.0 Å². The average Bonchev–Trinajstić information content (AvgIpc) is 3.71. The molecule has 0 radical (unpaired) electrons. The quantitative estimate of drug-likeness (QED) is 0.259. The summed E-state index contributed by atoms with van der Waals surface area (Å²) in [6.45, 7) is 2.03. The summed E-state index contributed by atoms with van der Waals surface area (Å²) in [6.07, 6.45) is 4.49. The van der Waals surface area contributed by atoms with Crippen LogP contribution in [0.15, 0.2) is 42.5 Å². The number of amides is 2. The maximum atomic E-state index is 14.3. The number of nitriles is 1. The lowest BCUT2D eigenvalue weighted by Gasteiger charge is -2.38. The van der Waals surface area contributed by atoms with Gasteiger partial charge in [-0.15, -0.1) is 11.3 Å². The van der Waals surface area contributed by atoms with E-state index in [4.69, 9.17) is 14.2 Å². The van der Waals surface area contributed by atoms with Crippen LogP contribution in [-0.4, -0.2) is 24.6 Å². The second kappa shape index (κ2) is 8.29. The van der Waals surface area contributed by atoms with E-state index in [0.717, 1.165) is 46.4 Å². The van der Waals surface area contributed by atoms with Crippen molar-refractivity contribution < 1.29 is 28.6 Å². The molecule has 8 rings (SSSR count). The zero-order valence-electron chi connectivity index (χ0n) is 21.4. The van der Waals surface area contributed by atoms with Crippen molar-refractivity contribution in [1.29, 1.82) is 5.26 Å². The molecule has 198 valence electrons. The third-order valence-corrected chi connectivity index (χ3v) is 10.0. The zero-order valence-corrected chi connectivity index (χ0v) is 22.2. The number of carbonyl (C=O) groups excluding carboxylic acids is 3. The predicted octanol–water partition coefficient (Wildman–Crippen LogP) is 4.67. The number of ether oxygens (including phenoxy) is 3. The smallest absolute Gasteiger partial charge is 0.319 e. The Balaban J connectivity index is 1.32. The number of rotatable bonds is 2. The number of nitrogens with zero attached hydrogens (tertiary/aromatic N) is 2.